The van der Waals surface area contributed by atoms with Gasteiger partial charge in [0.15, 0.2) is 11.6 Å². The van der Waals surface area contributed by atoms with E-state index in [4.69, 9.17) is 10.5 Å². The molecule has 0 radical (unpaired) electrons. The monoisotopic (exact) mass is 397 g/mol. The first kappa shape index (κ1) is 19.2. The molecule has 0 saturated heterocycles. The fraction of sp³-hybridized carbons (Fsp3) is 0.381. The Morgan fingerprint density at radius 2 is 2.28 bits per heavy atom. The molecule has 1 saturated carbocycles. The van der Waals surface area contributed by atoms with Crippen molar-refractivity contribution in [3.8, 4) is 5.75 Å². The Hall–Kier alpha value is -3.16. The van der Waals surface area contributed by atoms with Crippen molar-refractivity contribution in [2.45, 2.75) is 25.8 Å². The van der Waals surface area contributed by atoms with Gasteiger partial charge in [-0.1, -0.05) is 31.6 Å². The largest absolute Gasteiger partial charge is 0.489 e. The van der Waals surface area contributed by atoms with Gasteiger partial charge >= 0.3 is 0 Å². The van der Waals surface area contributed by atoms with E-state index in [1.54, 1.807) is 0 Å². The predicted octanol–water partition coefficient (Wildman–Crippen LogP) is 3.24. The summed E-state index contributed by atoms with van der Waals surface area (Å²) in [4.78, 5) is 20.5. The van der Waals surface area contributed by atoms with Crippen LogP contribution in [0.4, 0.5) is 21.8 Å². The van der Waals surface area contributed by atoms with E-state index in [0.717, 1.165) is 24.7 Å². The molecule has 0 spiro atoms. The fourth-order valence-electron chi connectivity index (χ4n) is 4.28. The van der Waals surface area contributed by atoms with Crippen LogP contribution in [0, 0.1) is 23.6 Å². The molecule has 1 amide bonds. The van der Waals surface area contributed by atoms with Crippen LogP contribution >= 0.6 is 0 Å². The summed E-state index contributed by atoms with van der Waals surface area (Å²) in [5.74, 6) is -0.260. The number of fused-ring (bicyclic) bond motifs is 5. The summed E-state index contributed by atoms with van der Waals surface area (Å²) in [6.07, 6.45) is 6.67. The Morgan fingerprint density at radius 3 is 3.07 bits per heavy atom. The van der Waals surface area contributed by atoms with Gasteiger partial charge in [0.25, 0.3) is 0 Å². The topological polar surface area (TPSA) is 102 Å². The molecule has 4 N–H and O–H groups in total. The van der Waals surface area contributed by atoms with Crippen molar-refractivity contribution in [1.82, 2.24) is 9.97 Å². The summed E-state index contributed by atoms with van der Waals surface area (Å²) < 4.78 is 20.3. The second-order valence-electron chi connectivity index (χ2n) is 7.45. The molecule has 2 aliphatic rings. The third kappa shape index (κ3) is 4.01. The first-order valence-electron chi connectivity index (χ1n) is 9.80. The number of carbonyl (C=O) groups is 1. The lowest BCUT2D eigenvalue weighted by Crippen LogP contribution is -2.40. The zero-order valence-electron chi connectivity index (χ0n) is 16.1. The Labute approximate surface area is 168 Å². The van der Waals surface area contributed by atoms with Crippen LogP contribution in [0.1, 0.15) is 19.8 Å². The zero-order valence-corrected chi connectivity index (χ0v) is 16.1. The Balaban J connectivity index is 1.75. The van der Waals surface area contributed by atoms with Gasteiger partial charge in [0.2, 0.25) is 11.9 Å². The van der Waals surface area contributed by atoms with Crippen LogP contribution in [0.2, 0.25) is 0 Å². The summed E-state index contributed by atoms with van der Waals surface area (Å²) in [7, 11) is 0. The highest BCUT2D eigenvalue weighted by Crippen LogP contribution is 2.41. The smallest absolute Gasteiger partial charge is 0.229 e. The van der Waals surface area contributed by atoms with Crippen molar-refractivity contribution in [2.24, 2.45) is 23.5 Å². The van der Waals surface area contributed by atoms with E-state index in [1.807, 2.05) is 43.3 Å². The van der Waals surface area contributed by atoms with Crippen molar-refractivity contribution in [2.75, 3.05) is 17.2 Å². The van der Waals surface area contributed by atoms with Crippen molar-refractivity contribution in [3.63, 3.8) is 0 Å². The van der Waals surface area contributed by atoms with E-state index < -0.39 is 11.7 Å². The summed E-state index contributed by atoms with van der Waals surface area (Å²) in [6, 6.07) is 7.03. The molecule has 7 nitrogen and oxygen atoms in total. The number of carbonyl (C=O) groups excluding carboxylic acids is 1. The molecule has 1 aliphatic heterocycles. The average Bonchev–Trinajstić information content (AvgIpc) is 3.05. The highest BCUT2D eigenvalue weighted by atomic mass is 19.1. The summed E-state index contributed by atoms with van der Waals surface area (Å²) in [5, 5.41) is 6.21. The fourth-order valence-corrected chi connectivity index (χ4v) is 4.28. The van der Waals surface area contributed by atoms with Crippen LogP contribution in [0.5, 0.6) is 5.75 Å². The molecule has 8 heteroatoms. The Kier molecular flexibility index (Phi) is 5.33. The van der Waals surface area contributed by atoms with Gasteiger partial charge in [0, 0.05) is 17.8 Å². The van der Waals surface area contributed by atoms with Gasteiger partial charge in [0.05, 0.1) is 12.1 Å². The van der Waals surface area contributed by atoms with Crippen molar-refractivity contribution < 1.29 is 13.9 Å². The molecule has 1 aliphatic carbocycles. The Bertz CT molecular complexity index is 935. The number of hydrogen-bond donors (Lipinski definition) is 3. The molecule has 152 valence electrons. The lowest BCUT2D eigenvalue weighted by Gasteiger charge is -2.25. The number of amides is 1. The number of benzene rings is 1. The van der Waals surface area contributed by atoms with Gasteiger partial charge < -0.3 is 21.1 Å². The molecular weight excluding hydrogens is 373 g/mol. The van der Waals surface area contributed by atoms with Gasteiger partial charge in [-0.3, -0.25) is 4.79 Å². The first-order valence-corrected chi connectivity index (χ1v) is 9.80. The number of ether oxygens (including phenoxy) is 1. The second-order valence-corrected chi connectivity index (χ2v) is 7.45. The molecule has 29 heavy (non-hydrogen) atoms. The first-order chi connectivity index (χ1) is 14.0. The molecule has 1 aromatic heterocycles. The molecule has 2 heterocycles. The molecule has 0 unspecified atom stereocenters. The standard InChI is InChI=1S/C21H24FN5O2/c1-2-12-9-13-5-4-8-29-15-7-3-6-14(10-15)25-21-24-11-16(22)20(27-21)26-18(13)17(12)19(23)28/h3-7,10-13,17-18H,2,8-9H2,1H3,(H2,23,28)(H2,24,25,26,27)/b5-4-/t12-,13+,17+,18-/m1/s1. The Morgan fingerprint density at radius 1 is 1.41 bits per heavy atom. The lowest BCUT2D eigenvalue weighted by molar-refractivity contribution is -0.123. The third-order valence-electron chi connectivity index (χ3n) is 5.65. The minimum atomic E-state index is -0.578. The van der Waals surface area contributed by atoms with E-state index in [0.29, 0.717) is 12.4 Å². The van der Waals surface area contributed by atoms with E-state index >= 15 is 0 Å². The third-order valence-corrected chi connectivity index (χ3v) is 5.65. The molecule has 4 bridgehead atoms. The number of anilines is 3. The van der Waals surface area contributed by atoms with Gasteiger partial charge in [-0.2, -0.15) is 4.98 Å². The average molecular weight is 397 g/mol. The normalized spacial score (nSPS) is 26.8. The number of nitrogens with zero attached hydrogens (tertiary/aromatic N) is 2. The van der Waals surface area contributed by atoms with Crippen LogP contribution in [0.15, 0.2) is 42.6 Å². The van der Waals surface area contributed by atoms with E-state index in [-0.39, 0.29) is 35.6 Å². The minimum absolute atomic E-state index is 0.00102. The van der Waals surface area contributed by atoms with Crippen LogP contribution in [0.25, 0.3) is 0 Å². The van der Waals surface area contributed by atoms with E-state index in [9.17, 15) is 9.18 Å². The number of nitrogens with one attached hydrogen (secondary N) is 2. The van der Waals surface area contributed by atoms with Gasteiger partial charge in [-0.05, 0) is 30.4 Å². The number of halogens is 1. The van der Waals surface area contributed by atoms with Gasteiger partial charge in [0.1, 0.15) is 12.4 Å². The summed E-state index contributed by atoms with van der Waals surface area (Å²) in [5.41, 5.74) is 6.45. The van der Waals surface area contributed by atoms with Crippen molar-refractivity contribution in [3.05, 3.63) is 48.4 Å². The number of rotatable bonds is 2. The van der Waals surface area contributed by atoms with Crippen LogP contribution in [-0.2, 0) is 4.79 Å². The second kappa shape index (κ2) is 8.06. The zero-order chi connectivity index (χ0) is 20.4. The SMILES string of the molecule is CC[C@@H]1C[C@@H]2/C=C\COc3cccc(c3)Nc3ncc(F)c(n3)N[C@H]2[C@H]1C(N)=O. The molecule has 1 fully saturated rings. The number of primary amides is 1. The highest BCUT2D eigenvalue weighted by molar-refractivity contribution is 5.79. The van der Waals surface area contributed by atoms with E-state index in [2.05, 4.69) is 20.6 Å². The van der Waals surface area contributed by atoms with Crippen LogP contribution in [0.3, 0.4) is 0 Å². The number of nitrogens with two attached hydrogens (primary N) is 1. The molecule has 1 aromatic carbocycles. The quantitative estimate of drug-likeness (QED) is 0.673. The van der Waals surface area contributed by atoms with Gasteiger partial charge in [-0.25, -0.2) is 9.37 Å². The maximum Gasteiger partial charge on any atom is 0.229 e. The molecule has 2 aromatic rings. The number of hydrogen-bond acceptors (Lipinski definition) is 6. The predicted molar refractivity (Wildman–Crippen MR) is 108 cm³/mol. The van der Waals surface area contributed by atoms with E-state index in [1.165, 1.54) is 0 Å². The van der Waals surface area contributed by atoms with Crippen LogP contribution < -0.4 is 21.1 Å². The highest BCUT2D eigenvalue weighted by Gasteiger charge is 2.44. The van der Waals surface area contributed by atoms with Crippen molar-refractivity contribution >= 4 is 23.4 Å². The van der Waals surface area contributed by atoms with Crippen LogP contribution in [-0.4, -0.2) is 28.5 Å². The van der Waals surface area contributed by atoms with Crippen molar-refractivity contribution in [1.29, 1.82) is 0 Å². The number of aromatic nitrogens is 2. The molecule has 4 rings (SSSR count). The van der Waals surface area contributed by atoms with Gasteiger partial charge in [-0.15, -0.1) is 0 Å². The summed E-state index contributed by atoms with van der Waals surface area (Å²) in [6.45, 7) is 2.43. The maximum absolute atomic E-state index is 14.5. The molecule has 4 atom stereocenters. The maximum atomic E-state index is 14.5. The summed E-state index contributed by atoms with van der Waals surface area (Å²) >= 11 is 0. The molecular formula is C21H24FN5O2. The minimum Gasteiger partial charge on any atom is -0.489 e. The lowest BCUT2D eigenvalue weighted by atomic mass is 9.90.